The van der Waals surface area contributed by atoms with Gasteiger partial charge in [0.15, 0.2) is 11.9 Å². The van der Waals surface area contributed by atoms with Gasteiger partial charge in [-0.2, -0.15) is 42.0 Å². The monoisotopic (exact) mass is 363 g/mol. The van der Waals surface area contributed by atoms with E-state index >= 15 is 0 Å². The van der Waals surface area contributed by atoms with Gasteiger partial charge in [0, 0.05) is 38.8 Å². The molecule has 0 amide bonds. The molecule has 0 aliphatic carbocycles. The number of hydrogen-bond donors (Lipinski definition) is 0. The fraction of sp³-hybridized carbons (Fsp3) is 0.105. The Labute approximate surface area is 156 Å². The van der Waals surface area contributed by atoms with Gasteiger partial charge in [-0.25, -0.2) is 10.1 Å². The van der Waals surface area contributed by atoms with Crippen molar-refractivity contribution in [2.24, 2.45) is 7.05 Å². The summed E-state index contributed by atoms with van der Waals surface area (Å²) in [4.78, 5) is 0. The second-order valence-electron chi connectivity index (χ2n) is 4.79. The Balaban J connectivity index is 0.00000176. The summed E-state index contributed by atoms with van der Waals surface area (Å²) in [6, 6.07) is 24.7. The molecule has 107 valence electrons. The van der Waals surface area contributed by atoms with Crippen LogP contribution in [0.1, 0.15) is 0 Å². The molecule has 0 saturated heterocycles. The molecule has 0 atom stereocenters. The topological polar surface area (TPSA) is 13.1 Å². The first kappa shape index (κ1) is 16.9. The van der Waals surface area contributed by atoms with Gasteiger partial charge in [0.25, 0.3) is 0 Å². The minimum atomic E-state index is 0. The Hall–Kier alpha value is -1.51. The SMILES string of the molecule is COc1ccc(-c2[c-]cccc2)[c-]c1-c1cccc[n+]1C.[Y]. The van der Waals surface area contributed by atoms with Gasteiger partial charge in [0.2, 0.25) is 0 Å². The Kier molecular flexibility index (Phi) is 5.87. The van der Waals surface area contributed by atoms with Crippen LogP contribution in [0.3, 0.4) is 0 Å². The number of pyridine rings is 1. The molecule has 2 aromatic carbocycles. The van der Waals surface area contributed by atoms with Crippen molar-refractivity contribution in [1.29, 1.82) is 0 Å². The van der Waals surface area contributed by atoms with Crippen molar-refractivity contribution in [2.75, 3.05) is 7.11 Å². The maximum absolute atomic E-state index is 5.49. The first-order valence-electron chi connectivity index (χ1n) is 6.82. The molecule has 1 heterocycles. The Morgan fingerprint density at radius 2 is 1.77 bits per heavy atom. The van der Waals surface area contributed by atoms with E-state index in [1.165, 1.54) is 0 Å². The Morgan fingerprint density at radius 1 is 0.955 bits per heavy atom. The smallest absolute Gasteiger partial charge is 0.161 e. The summed E-state index contributed by atoms with van der Waals surface area (Å²) in [5.41, 5.74) is 4.05. The van der Waals surface area contributed by atoms with Gasteiger partial charge < -0.3 is 4.74 Å². The zero-order chi connectivity index (χ0) is 14.7. The van der Waals surface area contributed by atoms with Gasteiger partial charge in [-0.15, -0.1) is 6.07 Å². The quantitative estimate of drug-likeness (QED) is 0.513. The van der Waals surface area contributed by atoms with Crippen LogP contribution in [0.2, 0.25) is 0 Å². The molecular formula is C19H16NOY-. The number of hydrogen-bond acceptors (Lipinski definition) is 1. The normalized spacial score (nSPS) is 9.91. The average Bonchev–Trinajstić information content (AvgIpc) is 2.55. The maximum Gasteiger partial charge on any atom is 0.161 e. The zero-order valence-corrected chi connectivity index (χ0v) is 15.5. The summed E-state index contributed by atoms with van der Waals surface area (Å²) in [7, 11) is 3.70. The van der Waals surface area contributed by atoms with Crippen LogP contribution >= 0.6 is 0 Å². The van der Waals surface area contributed by atoms with Gasteiger partial charge in [-0.05, 0) is 11.6 Å². The van der Waals surface area contributed by atoms with Crippen molar-refractivity contribution >= 4 is 0 Å². The van der Waals surface area contributed by atoms with Gasteiger partial charge in [0.05, 0.1) is 12.9 Å². The van der Waals surface area contributed by atoms with Gasteiger partial charge in [0.1, 0.15) is 7.05 Å². The summed E-state index contributed by atoms with van der Waals surface area (Å²) in [6.07, 6.45) is 2.02. The predicted octanol–water partition coefficient (Wildman–Crippen LogP) is 3.45. The molecule has 0 aliphatic rings. The number of aryl methyl sites for hydroxylation is 1. The number of methoxy groups -OCH3 is 1. The molecule has 3 rings (SSSR count). The summed E-state index contributed by atoms with van der Waals surface area (Å²) in [6.45, 7) is 0. The molecular weight excluding hydrogens is 347 g/mol. The molecule has 3 aromatic rings. The van der Waals surface area contributed by atoms with Crippen molar-refractivity contribution in [3.63, 3.8) is 0 Å². The molecule has 2 nitrogen and oxygen atoms in total. The van der Waals surface area contributed by atoms with E-state index in [1.807, 2.05) is 61.8 Å². The van der Waals surface area contributed by atoms with E-state index in [9.17, 15) is 0 Å². The van der Waals surface area contributed by atoms with Crippen LogP contribution in [0.25, 0.3) is 22.4 Å². The largest absolute Gasteiger partial charge is 0.531 e. The van der Waals surface area contributed by atoms with E-state index in [0.717, 1.165) is 28.1 Å². The molecule has 0 spiro atoms. The Morgan fingerprint density at radius 3 is 2.45 bits per heavy atom. The van der Waals surface area contributed by atoms with E-state index in [-0.39, 0.29) is 32.7 Å². The third kappa shape index (κ3) is 3.45. The van der Waals surface area contributed by atoms with Crippen molar-refractivity contribution in [2.45, 2.75) is 0 Å². The minimum absolute atomic E-state index is 0. The van der Waals surface area contributed by atoms with E-state index in [4.69, 9.17) is 4.74 Å². The first-order chi connectivity index (χ1) is 10.3. The van der Waals surface area contributed by atoms with Crippen molar-refractivity contribution in [3.05, 3.63) is 72.9 Å². The number of ether oxygens (including phenoxy) is 1. The molecule has 0 unspecified atom stereocenters. The number of aromatic nitrogens is 1. The van der Waals surface area contributed by atoms with Gasteiger partial charge in [-0.3, -0.25) is 0 Å². The Bertz CT molecular complexity index is 756. The van der Waals surface area contributed by atoms with Crippen LogP contribution in [0.4, 0.5) is 0 Å². The number of benzene rings is 2. The van der Waals surface area contributed by atoms with Crippen LogP contribution in [0, 0.1) is 12.1 Å². The standard InChI is InChI=1S/C19H16NO.Y/c1-20-13-7-6-10-18(20)17-14-16(11-12-19(17)21-2)15-8-4-3-5-9-15;/h3-8,10-13H,1-2H3;/q-1;. The fourth-order valence-corrected chi connectivity index (χ4v) is 2.34. The third-order valence-corrected chi connectivity index (χ3v) is 3.44. The molecule has 0 bridgehead atoms. The van der Waals surface area contributed by atoms with Crippen LogP contribution < -0.4 is 9.30 Å². The predicted molar refractivity (Wildman–Crippen MR) is 82.7 cm³/mol. The number of rotatable bonds is 3. The van der Waals surface area contributed by atoms with E-state index in [1.54, 1.807) is 7.11 Å². The molecule has 22 heavy (non-hydrogen) atoms. The average molecular weight is 363 g/mol. The van der Waals surface area contributed by atoms with Crippen molar-refractivity contribution < 1.29 is 42.0 Å². The van der Waals surface area contributed by atoms with Gasteiger partial charge >= 0.3 is 0 Å². The molecule has 3 heteroatoms. The fourth-order valence-electron chi connectivity index (χ4n) is 2.34. The van der Waals surface area contributed by atoms with E-state index < -0.39 is 0 Å². The van der Waals surface area contributed by atoms with Crippen molar-refractivity contribution in [3.8, 4) is 28.1 Å². The van der Waals surface area contributed by atoms with E-state index in [0.29, 0.717) is 0 Å². The van der Waals surface area contributed by atoms with Crippen LogP contribution in [-0.2, 0) is 39.8 Å². The van der Waals surface area contributed by atoms with Crippen LogP contribution in [-0.4, -0.2) is 7.11 Å². The second kappa shape index (κ2) is 7.66. The maximum atomic E-state index is 5.49. The summed E-state index contributed by atoms with van der Waals surface area (Å²) >= 11 is 0. The summed E-state index contributed by atoms with van der Waals surface area (Å²) < 4.78 is 7.55. The molecule has 0 N–H and O–H groups in total. The van der Waals surface area contributed by atoms with Gasteiger partial charge in [-0.1, -0.05) is 12.1 Å². The van der Waals surface area contributed by atoms with E-state index in [2.05, 4.69) is 22.8 Å². The molecule has 0 fully saturated rings. The first-order valence-corrected chi connectivity index (χ1v) is 6.82. The van der Waals surface area contributed by atoms with Crippen molar-refractivity contribution in [1.82, 2.24) is 0 Å². The minimum Gasteiger partial charge on any atom is -0.531 e. The molecule has 0 saturated carbocycles. The molecule has 1 radical (unpaired) electrons. The number of nitrogens with zero attached hydrogens (tertiary/aromatic N) is 1. The summed E-state index contributed by atoms with van der Waals surface area (Å²) in [5.74, 6) is 0.816. The third-order valence-electron chi connectivity index (χ3n) is 3.44. The zero-order valence-electron chi connectivity index (χ0n) is 12.7. The van der Waals surface area contributed by atoms with Crippen LogP contribution in [0.15, 0.2) is 60.8 Å². The molecule has 0 aliphatic heterocycles. The van der Waals surface area contributed by atoms with Crippen LogP contribution in [0.5, 0.6) is 5.75 Å². The molecule has 1 aromatic heterocycles. The second-order valence-corrected chi connectivity index (χ2v) is 4.79. The summed E-state index contributed by atoms with van der Waals surface area (Å²) in [5, 5.41) is 0.